The van der Waals surface area contributed by atoms with Gasteiger partial charge in [-0.15, -0.1) is 5.10 Å². The van der Waals surface area contributed by atoms with Crippen molar-refractivity contribution in [3.05, 3.63) is 0 Å². The van der Waals surface area contributed by atoms with Gasteiger partial charge in [0, 0.05) is 0 Å². The van der Waals surface area contributed by atoms with Crippen LogP contribution in [0.4, 0.5) is 0 Å². The second-order valence-corrected chi connectivity index (χ2v) is 1.24. The van der Waals surface area contributed by atoms with Crippen LogP contribution in [-0.2, 0) is 4.79 Å². The van der Waals surface area contributed by atoms with Gasteiger partial charge in [-0.3, -0.25) is 0 Å². The summed E-state index contributed by atoms with van der Waals surface area (Å²) >= 11 is 0. The molecule has 1 rings (SSSR count). The lowest BCUT2D eigenvalue weighted by Crippen LogP contribution is -2.12. The number of hydrogen-bond acceptors (Lipinski definition) is 4. The van der Waals surface area contributed by atoms with Crippen LogP contribution in [0.15, 0.2) is 15.4 Å². The molecule has 0 amide bonds. The Kier molecular flexibility index (Phi) is 1.03. The van der Waals surface area contributed by atoms with E-state index in [2.05, 4.69) is 15.4 Å². The van der Waals surface area contributed by atoms with Gasteiger partial charge in [0.05, 0.1) is 0 Å². The molecule has 0 aromatic heterocycles. The second-order valence-electron chi connectivity index (χ2n) is 1.24. The Bertz CT molecular complexity index is 171. The van der Waals surface area contributed by atoms with Crippen molar-refractivity contribution in [3.63, 3.8) is 0 Å². The summed E-state index contributed by atoms with van der Waals surface area (Å²) in [6.07, 6.45) is 0. The summed E-state index contributed by atoms with van der Waals surface area (Å²) in [4.78, 5) is 9.95. The average molecular weight is 113 g/mol. The van der Waals surface area contributed by atoms with Crippen molar-refractivity contribution >= 4 is 11.7 Å². The molecule has 0 saturated heterocycles. The van der Waals surface area contributed by atoms with Crippen molar-refractivity contribution in [1.29, 1.82) is 0 Å². The minimum atomic E-state index is -1.05. The van der Waals surface area contributed by atoms with Crippen molar-refractivity contribution in [2.75, 3.05) is 6.54 Å². The van der Waals surface area contributed by atoms with Gasteiger partial charge in [0.2, 0.25) is 0 Å². The van der Waals surface area contributed by atoms with E-state index in [1.54, 1.807) is 0 Å². The molecule has 42 valence electrons. The first kappa shape index (κ1) is 4.89. The number of nitrogens with zero attached hydrogens (tertiary/aromatic N) is 3. The van der Waals surface area contributed by atoms with Crippen molar-refractivity contribution < 1.29 is 9.90 Å². The maximum absolute atomic E-state index is 9.95. The number of carboxylic acids is 1. The summed E-state index contributed by atoms with van der Waals surface area (Å²) in [5.41, 5.74) is 0.00463. The molecule has 0 radical (unpaired) electrons. The zero-order chi connectivity index (χ0) is 5.98. The first-order chi connectivity index (χ1) is 3.80. The van der Waals surface area contributed by atoms with Gasteiger partial charge in [-0.2, -0.15) is 5.11 Å². The predicted octanol–water partition coefficient (Wildman–Crippen LogP) is -0.107. The molecule has 0 atom stereocenters. The van der Waals surface area contributed by atoms with Crippen LogP contribution < -0.4 is 0 Å². The first-order valence-corrected chi connectivity index (χ1v) is 1.97. The summed E-state index contributed by atoms with van der Waals surface area (Å²) in [7, 11) is 0. The van der Waals surface area contributed by atoms with E-state index in [-0.39, 0.29) is 12.3 Å². The Balaban J connectivity index is 2.64. The summed E-state index contributed by atoms with van der Waals surface area (Å²) in [5, 5.41) is 17.8. The minimum Gasteiger partial charge on any atom is -0.477 e. The molecule has 0 unspecified atom stereocenters. The van der Waals surface area contributed by atoms with Crippen LogP contribution in [0.2, 0.25) is 0 Å². The normalized spacial score (nSPS) is 16.2. The fourth-order valence-corrected chi connectivity index (χ4v) is 0.326. The molecule has 1 aliphatic heterocycles. The molecule has 5 nitrogen and oxygen atoms in total. The predicted molar refractivity (Wildman–Crippen MR) is 24.8 cm³/mol. The third-order valence-corrected chi connectivity index (χ3v) is 0.696. The minimum absolute atomic E-state index is 0.00463. The number of rotatable bonds is 1. The van der Waals surface area contributed by atoms with Gasteiger partial charge >= 0.3 is 5.97 Å². The molecule has 1 aliphatic rings. The lowest BCUT2D eigenvalue weighted by atomic mass is 10.4. The zero-order valence-corrected chi connectivity index (χ0v) is 3.90. The smallest absolute Gasteiger partial charge is 0.354 e. The molecule has 5 heteroatoms. The number of carboxylic acid groups (broad SMARTS) is 1. The van der Waals surface area contributed by atoms with Gasteiger partial charge in [-0.1, -0.05) is 0 Å². The van der Waals surface area contributed by atoms with E-state index in [1.807, 2.05) is 0 Å². The maximum Gasteiger partial charge on any atom is 0.354 e. The second kappa shape index (κ2) is 1.69. The Morgan fingerprint density at radius 2 is 2.50 bits per heavy atom. The topological polar surface area (TPSA) is 74.4 Å². The highest BCUT2D eigenvalue weighted by atomic mass is 16.4. The monoisotopic (exact) mass is 113 g/mol. The lowest BCUT2D eigenvalue weighted by Gasteiger charge is -1.81. The zero-order valence-electron chi connectivity index (χ0n) is 3.90. The summed E-state index contributed by atoms with van der Waals surface area (Å²) in [6.45, 7) is 0.106. The van der Waals surface area contributed by atoms with Crippen LogP contribution in [0.5, 0.6) is 0 Å². The molecular weight excluding hydrogens is 110 g/mol. The largest absolute Gasteiger partial charge is 0.477 e. The first-order valence-electron chi connectivity index (χ1n) is 1.97. The summed E-state index contributed by atoms with van der Waals surface area (Å²) in [6, 6.07) is 0. The highest BCUT2D eigenvalue weighted by Crippen LogP contribution is 1.92. The van der Waals surface area contributed by atoms with E-state index >= 15 is 0 Å². The van der Waals surface area contributed by atoms with Gasteiger partial charge < -0.3 is 5.11 Å². The standard InChI is InChI=1S/C3H3N3O2/c7-3(8)2-1-4-6-5-2/h1H2,(H,7,8). The molecular formula is C3H3N3O2. The van der Waals surface area contributed by atoms with Crippen LogP contribution in [0, 0.1) is 0 Å². The third-order valence-electron chi connectivity index (χ3n) is 0.696. The van der Waals surface area contributed by atoms with Gasteiger partial charge in [-0.05, 0) is 5.22 Å². The van der Waals surface area contributed by atoms with E-state index in [1.165, 1.54) is 0 Å². The van der Waals surface area contributed by atoms with E-state index < -0.39 is 5.97 Å². The lowest BCUT2D eigenvalue weighted by molar-refractivity contribution is -0.129. The van der Waals surface area contributed by atoms with E-state index in [4.69, 9.17) is 5.11 Å². The molecule has 0 fully saturated rings. The van der Waals surface area contributed by atoms with Crippen molar-refractivity contribution in [1.82, 2.24) is 0 Å². The van der Waals surface area contributed by atoms with Crippen LogP contribution >= 0.6 is 0 Å². The van der Waals surface area contributed by atoms with Gasteiger partial charge in [0.1, 0.15) is 6.54 Å². The highest BCUT2D eigenvalue weighted by Gasteiger charge is 2.11. The van der Waals surface area contributed by atoms with E-state index in [0.29, 0.717) is 0 Å². The fourth-order valence-electron chi connectivity index (χ4n) is 0.326. The molecule has 0 aliphatic carbocycles. The van der Waals surface area contributed by atoms with Crippen molar-refractivity contribution in [3.8, 4) is 0 Å². The van der Waals surface area contributed by atoms with Gasteiger partial charge in [-0.25, -0.2) is 4.79 Å². The van der Waals surface area contributed by atoms with Gasteiger partial charge in [0.15, 0.2) is 5.71 Å². The van der Waals surface area contributed by atoms with E-state index in [0.717, 1.165) is 0 Å². The van der Waals surface area contributed by atoms with Crippen LogP contribution in [0.3, 0.4) is 0 Å². The van der Waals surface area contributed by atoms with Crippen LogP contribution in [0.25, 0.3) is 0 Å². The molecule has 0 saturated carbocycles. The molecule has 0 aromatic carbocycles. The molecule has 0 aromatic rings. The van der Waals surface area contributed by atoms with Crippen LogP contribution in [0.1, 0.15) is 0 Å². The molecule has 0 spiro atoms. The number of hydrogen-bond donors (Lipinski definition) is 1. The Hall–Kier alpha value is -1.26. The quantitative estimate of drug-likeness (QED) is 0.515. The van der Waals surface area contributed by atoms with Crippen molar-refractivity contribution in [2.45, 2.75) is 0 Å². The maximum atomic E-state index is 9.95. The Morgan fingerprint density at radius 3 is 2.75 bits per heavy atom. The Labute approximate surface area is 44.7 Å². The molecule has 0 bridgehead atoms. The average Bonchev–Trinajstić information content (AvgIpc) is 2.12. The number of carbonyl (C=O) groups is 1. The third kappa shape index (κ3) is 0.699. The summed E-state index contributed by atoms with van der Waals surface area (Å²) in [5.74, 6) is -1.05. The highest BCUT2D eigenvalue weighted by molar-refractivity contribution is 6.36. The molecule has 8 heavy (non-hydrogen) atoms. The van der Waals surface area contributed by atoms with Crippen LogP contribution in [-0.4, -0.2) is 23.3 Å². The summed E-state index contributed by atoms with van der Waals surface area (Å²) < 4.78 is 0. The number of aliphatic carboxylic acids is 1. The fraction of sp³-hybridized carbons (Fsp3) is 0.333. The molecule has 1 N–H and O–H groups in total. The van der Waals surface area contributed by atoms with Gasteiger partial charge in [0.25, 0.3) is 0 Å². The van der Waals surface area contributed by atoms with Crippen molar-refractivity contribution in [2.24, 2.45) is 15.4 Å². The van der Waals surface area contributed by atoms with E-state index in [9.17, 15) is 4.79 Å². The SMILES string of the molecule is O=C(O)C1=NN=NC1. The molecule has 1 heterocycles. The Morgan fingerprint density at radius 1 is 1.75 bits per heavy atom.